The fraction of sp³-hybridized carbons (Fsp3) is 0.0385. The molecule has 29 heavy (non-hydrogen) atoms. The first kappa shape index (κ1) is 17.3. The van der Waals surface area contributed by atoms with Gasteiger partial charge in [-0.2, -0.15) is 0 Å². The molecule has 1 atom stereocenters. The zero-order valence-corrected chi connectivity index (χ0v) is 15.7. The predicted molar refractivity (Wildman–Crippen MR) is 116 cm³/mol. The van der Waals surface area contributed by atoms with Gasteiger partial charge in [0.25, 0.3) is 0 Å². The maximum atomic E-state index is 13.0. The minimum Gasteiger partial charge on any atom is -0.456 e. The highest BCUT2D eigenvalue weighted by molar-refractivity contribution is 5.90. The number of hydrogen-bond acceptors (Lipinski definition) is 3. The summed E-state index contributed by atoms with van der Waals surface area (Å²) < 4.78 is 11.8. The van der Waals surface area contributed by atoms with Crippen molar-refractivity contribution in [3.8, 4) is 11.5 Å². The normalized spacial score (nSPS) is 15.4. The number of rotatable bonds is 2. The van der Waals surface area contributed by atoms with Crippen molar-refractivity contribution in [2.24, 2.45) is 0 Å². The summed E-state index contributed by atoms with van der Waals surface area (Å²) in [6.07, 6.45) is 3.40. The van der Waals surface area contributed by atoms with E-state index in [-0.39, 0.29) is 11.3 Å². The van der Waals surface area contributed by atoms with Crippen LogP contribution in [-0.4, -0.2) is 0 Å². The van der Waals surface area contributed by atoms with E-state index >= 15 is 0 Å². The second-order valence-corrected chi connectivity index (χ2v) is 7.02. The Morgan fingerprint density at radius 1 is 0.897 bits per heavy atom. The van der Waals surface area contributed by atoms with E-state index in [4.69, 9.17) is 9.15 Å². The van der Waals surface area contributed by atoms with Gasteiger partial charge in [0.2, 0.25) is 0 Å². The summed E-state index contributed by atoms with van der Waals surface area (Å²) in [5.74, 6) is 0.909. The first-order valence-electron chi connectivity index (χ1n) is 9.42. The lowest BCUT2D eigenvalue weighted by molar-refractivity contribution is 0.404. The zero-order chi connectivity index (χ0) is 20.0. The lowest BCUT2D eigenvalue weighted by Crippen LogP contribution is -2.35. The molecule has 0 bridgehead atoms. The molecule has 5 rings (SSSR count). The molecular weight excluding hydrogens is 360 g/mol. The van der Waals surface area contributed by atoms with Gasteiger partial charge in [-0.25, -0.2) is 4.79 Å². The van der Waals surface area contributed by atoms with Crippen LogP contribution in [0.3, 0.4) is 0 Å². The molecule has 1 unspecified atom stereocenters. The number of benzene rings is 3. The quantitative estimate of drug-likeness (QED) is 0.455. The Balaban J connectivity index is 1.96. The Bertz CT molecular complexity index is 1430. The minimum atomic E-state index is -0.432. The molecule has 140 valence electrons. The van der Waals surface area contributed by atoms with Gasteiger partial charge in [-0.3, -0.25) is 0 Å². The molecular formula is C26H18O3. The number of ether oxygens (including phenoxy) is 1. The van der Waals surface area contributed by atoms with Crippen LogP contribution < -0.4 is 21.0 Å². The van der Waals surface area contributed by atoms with Crippen molar-refractivity contribution < 1.29 is 9.15 Å². The van der Waals surface area contributed by atoms with Crippen LogP contribution >= 0.6 is 0 Å². The van der Waals surface area contributed by atoms with E-state index < -0.39 is 5.63 Å². The van der Waals surface area contributed by atoms with Gasteiger partial charge in [0.05, 0.1) is 10.8 Å². The molecule has 1 aliphatic heterocycles. The standard InChI is InChI=1S/C26H18O3/c1-3-9-19-16(2)28-26(27)24-22(18-11-5-4-6-12-18)23-20-13-8-7-10-17(20)14-15-21(23)29-25(19)24/h3-15,22H,1-2H2/b19-9+. The fourth-order valence-corrected chi connectivity index (χ4v) is 4.13. The summed E-state index contributed by atoms with van der Waals surface area (Å²) >= 11 is 0. The highest BCUT2D eigenvalue weighted by Crippen LogP contribution is 2.47. The van der Waals surface area contributed by atoms with E-state index in [1.54, 1.807) is 12.2 Å². The highest BCUT2D eigenvalue weighted by atomic mass is 16.5. The van der Waals surface area contributed by atoms with Gasteiger partial charge < -0.3 is 9.15 Å². The molecule has 4 aromatic rings. The molecule has 0 amide bonds. The molecule has 3 heteroatoms. The molecule has 0 saturated carbocycles. The smallest absolute Gasteiger partial charge is 0.344 e. The second-order valence-electron chi connectivity index (χ2n) is 7.02. The summed E-state index contributed by atoms with van der Waals surface area (Å²) in [6, 6.07) is 22.1. The van der Waals surface area contributed by atoms with Gasteiger partial charge in [-0.1, -0.05) is 79.9 Å². The maximum absolute atomic E-state index is 13.0. The van der Waals surface area contributed by atoms with Crippen molar-refractivity contribution in [3.63, 3.8) is 0 Å². The monoisotopic (exact) mass is 378 g/mol. The Hall–Kier alpha value is -3.85. The molecule has 3 nitrogen and oxygen atoms in total. The molecule has 0 N–H and O–H groups in total. The van der Waals surface area contributed by atoms with Crippen molar-refractivity contribution in [1.29, 1.82) is 0 Å². The first-order valence-corrected chi connectivity index (χ1v) is 9.42. The molecule has 2 heterocycles. The van der Waals surface area contributed by atoms with Crippen LogP contribution in [0.4, 0.5) is 0 Å². The third kappa shape index (κ3) is 2.63. The summed E-state index contributed by atoms with van der Waals surface area (Å²) in [5, 5.41) is 2.78. The van der Waals surface area contributed by atoms with Crippen LogP contribution in [0.1, 0.15) is 22.6 Å². The van der Waals surface area contributed by atoms with Gasteiger partial charge in [-0.15, -0.1) is 0 Å². The summed E-state index contributed by atoms with van der Waals surface area (Å²) in [5.41, 5.74) is 2.29. The van der Waals surface area contributed by atoms with Gasteiger partial charge in [0.15, 0.2) is 0 Å². The lowest BCUT2D eigenvalue weighted by atomic mass is 9.81. The van der Waals surface area contributed by atoms with E-state index in [0.717, 1.165) is 27.6 Å². The zero-order valence-electron chi connectivity index (χ0n) is 15.7. The third-order valence-corrected chi connectivity index (χ3v) is 5.36. The van der Waals surface area contributed by atoms with Crippen molar-refractivity contribution in [1.82, 2.24) is 0 Å². The minimum absolute atomic E-state index is 0.268. The van der Waals surface area contributed by atoms with Crippen LogP contribution in [-0.2, 0) is 0 Å². The van der Waals surface area contributed by atoms with Crippen LogP contribution in [0, 0.1) is 0 Å². The van der Waals surface area contributed by atoms with Gasteiger partial charge in [0, 0.05) is 11.5 Å². The van der Waals surface area contributed by atoms with Crippen LogP contribution in [0.5, 0.6) is 11.5 Å². The molecule has 0 saturated heterocycles. The van der Waals surface area contributed by atoms with Crippen molar-refractivity contribution >= 4 is 23.4 Å². The average molecular weight is 378 g/mol. The molecule has 0 spiro atoms. The van der Waals surface area contributed by atoms with Crippen molar-refractivity contribution in [3.05, 3.63) is 117 Å². The molecule has 0 fully saturated rings. The Labute approximate surface area is 167 Å². The summed E-state index contributed by atoms with van der Waals surface area (Å²) in [6.45, 7) is 7.66. The SMILES string of the molecule is C=C/C=c1/c2c(c(=O)oc1=C)C(c1ccccc1)c1c(ccc3ccccc13)O2. The van der Waals surface area contributed by atoms with Crippen LogP contribution in [0.2, 0.25) is 0 Å². The van der Waals surface area contributed by atoms with Crippen molar-refractivity contribution in [2.75, 3.05) is 0 Å². The topological polar surface area (TPSA) is 39.4 Å². The second kappa shape index (κ2) is 6.64. The molecule has 1 aromatic heterocycles. The molecule has 0 radical (unpaired) electrons. The summed E-state index contributed by atoms with van der Waals surface area (Å²) in [7, 11) is 0. The lowest BCUT2D eigenvalue weighted by Gasteiger charge is -2.29. The Morgan fingerprint density at radius 3 is 2.45 bits per heavy atom. The maximum Gasteiger partial charge on any atom is 0.344 e. The number of allylic oxidation sites excluding steroid dienone is 1. The van der Waals surface area contributed by atoms with E-state index in [0.29, 0.717) is 16.5 Å². The van der Waals surface area contributed by atoms with Gasteiger partial charge >= 0.3 is 5.63 Å². The van der Waals surface area contributed by atoms with Crippen LogP contribution in [0.15, 0.2) is 88.6 Å². The van der Waals surface area contributed by atoms with Crippen molar-refractivity contribution in [2.45, 2.75) is 5.92 Å². The largest absolute Gasteiger partial charge is 0.456 e. The van der Waals surface area contributed by atoms with Gasteiger partial charge in [0.1, 0.15) is 16.9 Å². The fourth-order valence-electron chi connectivity index (χ4n) is 4.13. The Kier molecular flexibility index (Phi) is 3.95. The predicted octanol–water partition coefficient (Wildman–Crippen LogP) is 4.46. The van der Waals surface area contributed by atoms with E-state index in [2.05, 4.69) is 25.3 Å². The van der Waals surface area contributed by atoms with E-state index in [1.807, 2.05) is 54.6 Å². The van der Waals surface area contributed by atoms with E-state index in [9.17, 15) is 4.79 Å². The number of fused-ring (bicyclic) bond motifs is 4. The molecule has 1 aliphatic rings. The molecule has 0 aliphatic carbocycles. The average Bonchev–Trinajstić information content (AvgIpc) is 2.75. The van der Waals surface area contributed by atoms with E-state index in [1.165, 1.54) is 0 Å². The molecule has 3 aromatic carbocycles. The first-order chi connectivity index (χ1) is 14.2. The van der Waals surface area contributed by atoms with Gasteiger partial charge in [-0.05, 0) is 28.5 Å². The van der Waals surface area contributed by atoms with Crippen LogP contribution in [0.25, 0.3) is 23.4 Å². The summed E-state index contributed by atoms with van der Waals surface area (Å²) in [4.78, 5) is 13.0. The number of hydrogen-bond donors (Lipinski definition) is 0. The Morgan fingerprint density at radius 2 is 1.66 bits per heavy atom. The highest BCUT2D eigenvalue weighted by Gasteiger charge is 2.34. The third-order valence-electron chi connectivity index (χ3n) is 5.36.